The third-order valence-electron chi connectivity index (χ3n) is 7.62. The second kappa shape index (κ2) is 48.8. The molecule has 0 fully saturated rings. The Bertz CT molecular complexity index is 1220. The summed E-state index contributed by atoms with van der Waals surface area (Å²) in [7, 11) is 20.5. The quantitative estimate of drug-likeness (QED) is 0.0364. The van der Waals surface area contributed by atoms with Crippen LogP contribution in [0.5, 0.6) is 0 Å². The fourth-order valence-corrected chi connectivity index (χ4v) is 9.74. The maximum absolute atomic E-state index is 5.91. The average molecular weight is 1020 g/mol. The van der Waals surface area contributed by atoms with Crippen molar-refractivity contribution < 1.29 is 27.1 Å². The summed E-state index contributed by atoms with van der Waals surface area (Å²) in [5.41, 5.74) is 0. The summed E-state index contributed by atoms with van der Waals surface area (Å²) in [4.78, 5) is 0. The molecule has 0 saturated carbocycles. The van der Waals surface area contributed by atoms with Crippen molar-refractivity contribution in [3.63, 3.8) is 0 Å². The molecule has 0 amide bonds. The van der Waals surface area contributed by atoms with Gasteiger partial charge in [-0.1, -0.05) is 228 Å². The highest BCUT2D eigenvalue weighted by molar-refractivity contribution is 8.41. The lowest BCUT2D eigenvalue weighted by atomic mass is 10.1. The summed E-state index contributed by atoms with van der Waals surface area (Å²) in [5.74, 6) is 0. The minimum absolute atomic E-state index is 0.0359. The van der Waals surface area contributed by atoms with Crippen LogP contribution < -0.4 is 0 Å². The SMILES string of the molecule is CC/C=C\CC(/C=C/C=C\C=C\C=C\C(OPP)C(CCCC)OP)OP(P)P.CCCCC(\C=C/C=C/C=C/C(C/C=C\C=C\C(CC)OP(P)P)OPP)OP. The Morgan fingerprint density at radius 1 is 0.500 bits per heavy atom. The van der Waals surface area contributed by atoms with Gasteiger partial charge in [-0.05, 0) is 38.5 Å². The standard InChI is InChI=1S/2C20H38O3P6/c1-3-5-13-19(21-24)15-9-6-7-10-16-20(22-28-25)17-12-8-11-14-18(4-2)23-29(26)27;1-3-5-11-14-18(23-29(26)27)15-12-9-7-8-10-13-17-20(22-28-25)19(21-24)16-6-4-2/h6-12,14-16,18-20,28H,3-5,13,17,24-27H2,1-2H3;5,7-13,15,17-20,28H,3-4,6,14,16,24-27H2,1-2H3/b7-6+,12-8-,14-11+,15-9-,16-10+;9-7-,10-8+,11-5-,15-12+,17-13+. The molecule has 0 rings (SSSR count). The molecule has 0 aromatic rings. The average Bonchev–Trinajstić information content (AvgIpc) is 3.20. The first-order valence-corrected chi connectivity index (χ1v) is 35.1. The number of hydrogen-bond donors (Lipinski definition) is 0. The lowest BCUT2D eigenvalue weighted by Crippen LogP contribution is -2.25. The van der Waals surface area contributed by atoms with E-state index in [1.807, 2.05) is 60.8 Å². The van der Waals surface area contributed by atoms with E-state index in [4.69, 9.17) is 27.1 Å². The van der Waals surface area contributed by atoms with Crippen LogP contribution in [0.2, 0.25) is 0 Å². The minimum atomic E-state index is -0.538. The Kier molecular flexibility index (Phi) is 52.5. The van der Waals surface area contributed by atoms with Gasteiger partial charge in [0.15, 0.2) is 0 Å². The van der Waals surface area contributed by atoms with Crippen molar-refractivity contribution in [2.45, 2.75) is 129 Å². The predicted octanol–water partition coefficient (Wildman–Crippen LogP) is 16.1. The Balaban J connectivity index is 0. The van der Waals surface area contributed by atoms with Crippen LogP contribution >= 0.6 is 105 Å². The third kappa shape index (κ3) is 42.3. The van der Waals surface area contributed by atoms with Crippen molar-refractivity contribution in [3.05, 3.63) is 122 Å². The fraction of sp³-hybridized carbons (Fsp3) is 0.500. The Labute approximate surface area is 379 Å². The van der Waals surface area contributed by atoms with Crippen LogP contribution in [0.15, 0.2) is 122 Å². The first kappa shape index (κ1) is 62.4. The molecule has 58 heavy (non-hydrogen) atoms. The maximum Gasteiger partial charge on any atom is 0.107 e. The Morgan fingerprint density at radius 3 is 1.50 bits per heavy atom. The van der Waals surface area contributed by atoms with E-state index in [9.17, 15) is 0 Å². The number of hydrogen-bond acceptors (Lipinski definition) is 6. The molecule has 0 heterocycles. The number of unbranched alkanes of at least 4 members (excludes halogenated alkanes) is 2. The summed E-state index contributed by atoms with van der Waals surface area (Å²) < 4.78 is 34.2. The molecule has 0 aliphatic carbocycles. The molecular weight excluding hydrogens is 948 g/mol. The zero-order chi connectivity index (χ0) is 43.5. The molecule has 0 aromatic heterocycles. The van der Waals surface area contributed by atoms with Crippen molar-refractivity contribution >= 4 is 105 Å². The molecule has 18 heteroatoms. The zero-order valence-corrected chi connectivity index (χ0v) is 48.1. The van der Waals surface area contributed by atoms with Crippen molar-refractivity contribution in [1.29, 1.82) is 0 Å². The van der Waals surface area contributed by atoms with Crippen molar-refractivity contribution in [3.8, 4) is 0 Å². The van der Waals surface area contributed by atoms with Crippen LogP contribution in [0.25, 0.3) is 0 Å². The number of allylic oxidation sites excluding steroid dienone is 13. The van der Waals surface area contributed by atoms with Gasteiger partial charge in [0.05, 0.1) is 45.6 Å². The van der Waals surface area contributed by atoms with E-state index in [2.05, 4.69) is 161 Å². The Hall–Kier alpha value is 2.32. The van der Waals surface area contributed by atoms with Gasteiger partial charge in [-0.3, -0.25) is 0 Å². The summed E-state index contributed by atoms with van der Waals surface area (Å²) in [6.45, 7) is 8.64. The largest absolute Gasteiger partial charge is 0.359 e. The molecule has 0 spiro atoms. The van der Waals surface area contributed by atoms with Crippen LogP contribution in [0.4, 0.5) is 0 Å². The predicted molar refractivity (Wildman–Crippen MR) is 298 cm³/mol. The molecule has 0 aliphatic heterocycles. The molecule has 16 atom stereocenters. The highest BCUT2D eigenvalue weighted by Gasteiger charge is 2.18. The third-order valence-corrected chi connectivity index (χ3v) is 12.5. The van der Waals surface area contributed by atoms with Crippen LogP contribution in [0.3, 0.4) is 0 Å². The van der Waals surface area contributed by atoms with Gasteiger partial charge in [-0.15, -0.1) is 0 Å². The molecule has 0 N–H and O–H groups in total. The van der Waals surface area contributed by atoms with Gasteiger partial charge >= 0.3 is 0 Å². The second-order valence-electron chi connectivity index (χ2n) is 12.4. The monoisotopic (exact) mass is 1020 g/mol. The van der Waals surface area contributed by atoms with E-state index in [0.29, 0.717) is 17.0 Å². The Morgan fingerprint density at radius 2 is 0.983 bits per heavy atom. The van der Waals surface area contributed by atoms with Gasteiger partial charge in [0.2, 0.25) is 0 Å². The van der Waals surface area contributed by atoms with E-state index < -0.39 is 15.1 Å². The smallest absolute Gasteiger partial charge is 0.107 e. The first-order valence-electron chi connectivity index (χ1n) is 19.7. The summed E-state index contributed by atoms with van der Waals surface area (Å²) in [6, 6.07) is 0. The van der Waals surface area contributed by atoms with Gasteiger partial charge in [0.1, 0.15) is 6.10 Å². The van der Waals surface area contributed by atoms with Gasteiger partial charge in [0, 0.05) is 35.9 Å². The normalized spacial score (nSPS) is 16.8. The van der Waals surface area contributed by atoms with Crippen LogP contribution in [0, 0.1) is 0 Å². The lowest BCUT2D eigenvalue weighted by Gasteiger charge is -2.22. The highest BCUT2D eigenvalue weighted by atomic mass is 32.4. The van der Waals surface area contributed by atoms with Crippen molar-refractivity contribution in [2.24, 2.45) is 0 Å². The van der Waals surface area contributed by atoms with Gasteiger partial charge < -0.3 is 27.1 Å². The highest BCUT2D eigenvalue weighted by Crippen LogP contribution is 2.55. The molecule has 0 bridgehead atoms. The molecule has 0 aromatic carbocycles. The lowest BCUT2D eigenvalue weighted by molar-refractivity contribution is 0.104. The van der Waals surface area contributed by atoms with Crippen LogP contribution in [-0.4, -0.2) is 36.6 Å². The molecule has 0 radical (unpaired) electrons. The molecule has 332 valence electrons. The fourth-order valence-electron chi connectivity index (χ4n) is 4.62. The van der Waals surface area contributed by atoms with Crippen LogP contribution in [0.1, 0.15) is 91.9 Å². The summed E-state index contributed by atoms with van der Waals surface area (Å²) >= 11 is 0. The van der Waals surface area contributed by atoms with E-state index in [-0.39, 0.29) is 36.6 Å². The molecule has 6 nitrogen and oxygen atoms in total. The zero-order valence-electron chi connectivity index (χ0n) is 35.0. The summed E-state index contributed by atoms with van der Waals surface area (Å²) in [5, 5.41) is 0. The summed E-state index contributed by atoms with van der Waals surface area (Å²) in [6.07, 6.45) is 52.2. The maximum atomic E-state index is 5.91. The number of rotatable bonds is 34. The first-order chi connectivity index (χ1) is 28.1. The molecular formula is C40H76O6P12. The molecule has 0 saturated heterocycles. The van der Waals surface area contributed by atoms with E-state index in [1.165, 1.54) is 12.8 Å². The molecule has 0 aliphatic rings. The van der Waals surface area contributed by atoms with Crippen molar-refractivity contribution in [1.82, 2.24) is 0 Å². The minimum Gasteiger partial charge on any atom is -0.359 e. The topological polar surface area (TPSA) is 55.4 Å². The van der Waals surface area contributed by atoms with Crippen molar-refractivity contribution in [2.75, 3.05) is 0 Å². The molecule has 16 unspecified atom stereocenters. The van der Waals surface area contributed by atoms with E-state index in [0.717, 1.165) is 51.4 Å². The van der Waals surface area contributed by atoms with Crippen LogP contribution in [-0.2, 0) is 27.1 Å². The van der Waals surface area contributed by atoms with Gasteiger partial charge in [-0.2, -0.15) is 0 Å². The van der Waals surface area contributed by atoms with E-state index in [1.54, 1.807) is 0 Å². The van der Waals surface area contributed by atoms with Gasteiger partial charge in [-0.25, -0.2) is 0 Å². The van der Waals surface area contributed by atoms with Gasteiger partial charge in [0.25, 0.3) is 0 Å². The van der Waals surface area contributed by atoms with E-state index >= 15 is 0 Å². The second-order valence-corrected chi connectivity index (χ2v) is 26.8.